The number of carbonyl (C=O) groups is 1. The van der Waals surface area contributed by atoms with E-state index in [-0.39, 0.29) is 12.5 Å². The molecular weight excluding hydrogens is 458 g/mol. The molecule has 1 unspecified atom stereocenters. The fourth-order valence-electron chi connectivity index (χ4n) is 2.09. The highest BCUT2D eigenvalue weighted by atomic mass is 79.9. The third kappa shape index (κ3) is 5.02. The molecule has 8 heteroatoms. The van der Waals surface area contributed by atoms with Crippen LogP contribution in [0.2, 0.25) is 0 Å². The van der Waals surface area contributed by atoms with E-state index in [1.165, 1.54) is 0 Å². The monoisotopic (exact) mass is 479 g/mol. The Balaban J connectivity index is 2.40. The average Bonchev–Trinajstić information content (AvgIpc) is 2.69. The molecule has 1 atom stereocenters. The van der Waals surface area contributed by atoms with Crippen LogP contribution in [0.1, 0.15) is 47.1 Å². The minimum absolute atomic E-state index is 0.165. The number of nitrogens with one attached hydrogen (secondary N) is 1. The van der Waals surface area contributed by atoms with Gasteiger partial charge < -0.3 is 5.32 Å². The Bertz CT molecular complexity index is 666. The largest absolute Gasteiger partial charge is 0.322 e. The molecule has 0 bridgehead atoms. The zero-order chi connectivity index (χ0) is 19.0. The van der Waals surface area contributed by atoms with Crippen molar-refractivity contribution in [2.24, 2.45) is 0 Å². The number of rotatable bonds is 5. The van der Waals surface area contributed by atoms with Crippen LogP contribution in [-0.4, -0.2) is 23.7 Å². The molecule has 0 aromatic heterocycles. The van der Waals surface area contributed by atoms with E-state index in [9.17, 15) is 4.79 Å². The molecule has 1 aliphatic rings. The minimum atomic E-state index is -1.49. The quantitative estimate of drug-likeness (QED) is 0.481. The summed E-state index contributed by atoms with van der Waals surface area (Å²) in [7, 11) is 0. The van der Waals surface area contributed by atoms with Gasteiger partial charge in [0.1, 0.15) is 6.61 Å². The number of amides is 1. The minimum Gasteiger partial charge on any atom is -0.322 e. The maximum absolute atomic E-state index is 12.8. The summed E-state index contributed by atoms with van der Waals surface area (Å²) in [6.45, 7) is 10.9. The van der Waals surface area contributed by atoms with E-state index in [0.717, 1.165) is 8.95 Å². The molecule has 0 radical (unpaired) electrons. The predicted molar refractivity (Wildman–Crippen MR) is 101 cm³/mol. The van der Waals surface area contributed by atoms with Gasteiger partial charge in [0, 0.05) is 14.5 Å². The van der Waals surface area contributed by atoms with Gasteiger partial charge in [-0.2, -0.15) is 0 Å². The normalized spacial score (nSPS) is 20.6. The standard InChI is InChI=1S/C17H23Br2NO5/c1-15(2,3)23-22-9-17(25-24-16(4,5)6)11-7-10(18)8-12(19)13(11)20-14(17)21/h7-8H,9H2,1-6H3,(H,20,21). The topological polar surface area (TPSA) is 66.0 Å². The number of carbonyl (C=O) groups excluding carboxylic acids is 1. The van der Waals surface area contributed by atoms with Gasteiger partial charge in [0.05, 0.1) is 16.9 Å². The highest BCUT2D eigenvalue weighted by molar-refractivity contribution is 9.11. The molecule has 0 saturated heterocycles. The van der Waals surface area contributed by atoms with Crippen LogP contribution in [0.15, 0.2) is 21.1 Å². The lowest BCUT2D eigenvalue weighted by atomic mass is 9.96. The van der Waals surface area contributed by atoms with Gasteiger partial charge in [0.2, 0.25) is 5.60 Å². The number of hydrogen-bond donors (Lipinski definition) is 1. The molecule has 0 saturated carbocycles. The molecule has 140 valence electrons. The number of hydrogen-bond acceptors (Lipinski definition) is 5. The maximum Gasteiger partial charge on any atom is 0.267 e. The number of fused-ring (bicyclic) bond motifs is 1. The average molecular weight is 481 g/mol. The fraction of sp³-hybridized carbons (Fsp3) is 0.588. The van der Waals surface area contributed by atoms with Crippen molar-refractivity contribution < 1.29 is 24.3 Å². The summed E-state index contributed by atoms with van der Waals surface area (Å²) >= 11 is 6.89. The highest BCUT2D eigenvalue weighted by Crippen LogP contribution is 2.45. The molecule has 1 N–H and O–H groups in total. The van der Waals surface area contributed by atoms with E-state index in [4.69, 9.17) is 19.6 Å². The molecule has 0 aliphatic carbocycles. The second-order valence-electron chi connectivity index (χ2n) is 7.83. The summed E-state index contributed by atoms with van der Waals surface area (Å²) in [5.41, 5.74) is -1.41. The first-order valence-electron chi connectivity index (χ1n) is 7.82. The van der Waals surface area contributed by atoms with Crippen LogP contribution in [0.5, 0.6) is 0 Å². The zero-order valence-corrected chi connectivity index (χ0v) is 18.3. The molecule has 0 fully saturated rings. The highest BCUT2D eigenvalue weighted by Gasteiger charge is 2.52. The van der Waals surface area contributed by atoms with Crippen LogP contribution in [-0.2, 0) is 29.9 Å². The van der Waals surface area contributed by atoms with E-state index in [0.29, 0.717) is 11.3 Å². The smallest absolute Gasteiger partial charge is 0.267 e. The molecule has 1 aliphatic heterocycles. The van der Waals surface area contributed by atoms with Crippen molar-refractivity contribution in [2.45, 2.75) is 58.3 Å². The van der Waals surface area contributed by atoms with Gasteiger partial charge in [-0.3, -0.25) is 4.79 Å². The molecule has 6 nitrogen and oxygen atoms in total. The Morgan fingerprint density at radius 3 is 2.20 bits per heavy atom. The Morgan fingerprint density at radius 2 is 1.64 bits per heavy atom. The van der Waals surface area contributed by atoms with E-state index in [1.54, 1.807) is 6.07 Å². The van der Waals surface area contributed by atoms with Crippen molar-refractivity contribution in [3.05, 3.63) is 26.6 Å². The summed E-state index contributed by atoms with van der Waals surface area (Å²) in [6.07, 6.45) is 0. The number of halogens is 2. The second kappa shape index (κ2) is 7.25. The Kier molecular flexibility index (Phi) is 6.03. The maximum atomic E-state index is 12.8. The van der Waals surface area contributed by atoms with Gasteiger partial charge in [0.15, 0.2) is 0 Å². The van der Waals surface area contributed by atoms with Crippen LogP contribution < -0.4 is 5.32 Å². The van der Waals surface area contributed by atoms with Gasteiger partial charge >= 0.3 is 0 Å². The molecule has 1 aromatic carbocycles. The first-order valence-corrected chi connectivity index (χ1v) is 9.41. The third-order valence-corrected chi connectivity index (χ3v) is 4.18. The van der Waals surface area contributed by atoms with Crippen molar-refractivity contribution in [1.82, 2.24) is 0 Å². The fourth-order valence-corrected chi connectivity index (χ4v) is 3.42. The first kappa shape index (κ1) is 20.8. The van der Waals surface area contributed by atoms with Crippen molar-refractivity contribution in [3.63, 3.8) is 0 Å². The first-order chi connectivity index (χ1) is 11.3. The van der Waals surface area contributed by atoms with Gasteiger partial charge in [-0.15, -0.1) is 0 Å². The number of benzene rings is 1. The van der Waals surface area contributed by atoms with Crippen molar-refractivity contribution in [3.8, 4) is 0 Å². The summed E-state index contributed by atoms with van der Waals surface area (Å²) < 4.78 is 1.51. The van der Waals surface area contributed by atoms with E-state index >= 15 is 0 Å². The van der Waals surface area contributed by atoms with Crippen LogP contribution in [0.4, 0.5) is 5.69 Å². The zero-order valence-electron chi connectivity index (χ0n) is 15.2. The van der Waals surface area contributed by atoms with E-state index in [2.05, 4.69) is 37.2 Å². The summed E-state index contributed by atoms with van der Waals surface area (Å²) in [4.78, 5) is 34.6. The van der Waals surface area contributed by atoms with Crippen LogP contribution in [0, 0.1) is 0 Å². The lowest BCUT2D eigenvalue weighted by Crippen LogP contribution is -2.44. The number of anilines is 1. The Morgan fingerprint density at radius 1 is 1.04 bits per heavy atom. The molecular formula is C17H23Br2NO5. The molecule has 0 spiro atoms. The molecule has 1 aromatic rings. The molecule has 1 amide bonds. The van der Waals surface area contributed by atoms with Gasteiger partial charge in [0.25, 0.3) is 5.91 Å². The molecule has 1 heterocycles. The van der Waals surface area contributed by atoms with Crippen LogP contribution in [0.3, 0.4) is 0 Å². The summed E-state index contributed by atoms with van der Waals surface area (Å²) in [5.74, 6) is -0.386. The lowest BCUT2D eigenvalue weighted by molar-refractivity contribution is -0.431. The van der Waals surface area contributed by atoms with E-state index in [1.807, 2.05) is 47.6 Å². The van der Waals surface area contributed by atoms with E-state index < -0.39 is 16.8 Å². The summed E-state index contributed by atoms with van der Waals surface area (Å²) in [5, 5.41) is 2.82. The predicted octanol–water partition coefficient (Wildman–Crippen LogP) is 4.85. The Hall–Kier alpha value is -0.510. The molecule has 25 heavy (non-hydrogen) atoms. The second-order valence-corrected chi connectivity index (χ2v) is 9.60. The lowest BCUT2D eigenvalue weighted by Gasteiger charge is -2.30. The van der Waals surface area contributed by atoms with Crippen LogP contribution >= 0.6 is 31.9 Å². The van der Waals surface area contributed by atoms with Crippen molar-refractivity contribution in [1.29, 1.82) is 0 Å². The SMILES string of the molecule is CC(C)(C)OOCC1(OOC(C)(C)C)C(=O)Nc2c(Br)cc(Br)cc21. The summed E-state index contributed by atoms with van der Waals surface area (Å²) in [6, 6.07) is 3.64. The Labute approximate surface area is 164 Å². The molecule has 2 rings (SSSR count). The van der Waals surface area contributed by atoms with Crippen LogP contribution in [0.25, 0.3) is 0 Å². The van der Waals surface area contributed by atoms with Gasteiger partial charge in [-0.25, -0.2) is 19.6 Å². The van der Waals surface area contributed by atoms with Gasteiger partial charge in [-0.1, -0.05) is 15.9 Å². The van der Waals surface area contributed by atoms with Crippen molar-refractivity contribution >= 4 is 43.5 Å². The van der Waals surface area contributed by atoms with Gasteiger partial charge in [-0.05, 0) is 69.6 Å². The third-order valence-electron chi connectivity index (χ3n) is 3.10. The van der Waals surface area contributed by atoms with Crippen molar-refractivity contribution in [2.75, 3.05) is 11.9 Å².